The van der Waals surface area contributed by atoms with Gasteiger partial charge in [-0.25, -0.2) is 8.42 Å². The summed E-state index contributed by atoms with van der Waals surface area (Å²) in [5, 5.41) is 1.62. The second-order valence-corrected chi connectivity index (χ2v) is 7.80. The summed E-state index contributed by atoms with van der Waals surface area (Å²) in [4.78, 5) is 1.13. The van der Waals surface area contributed by atoms with E-state index in [1.54, 1.807) is 25.6 Å². The van der Waals surface area contributed by atoms with Gasteiger partial charge in [-0.1, -0.05) is 12.1 Å². The fraction of sp³-hybridized carbons (Fsp3) is 0.286. The van der Waals surface area contributed by atoms with Gasteiger partial charge in [0.25, 0.3) is 0 Å². The van der Waals surface area contributed by atoms with E-state index in [0.29, 0.717) is 17.3 Å². The van der Waals surface area contributed by atoms with E-state index in [4.69, 9.17) is 16.3 Å². The van der Waals surface area contributed by atoms with Gasteiger partial charge in [0.05, 0.1) is 17.9 Å². The summed E-state index contributed by atoms with van der Waals surface area (Å²) in [6.45, 7) is 0.304. The van der Waals surface area contributed by atoms with Gasteiger partial charge < -0.3 is 4.74 Å². The van der Waals surface area contributed by atoms with E-state index >= 15 is 0 Å². The third kappa shape index (κ3) is 3.77. The monoisotopic (exact) mass is 345 g/mol. The molecule has 0 aliphatic rings. The quantitative estimate of drug-likeness (QED) is 0.754. The number of alkyl halides is 1. The molecule has 2 aromatic rings. The summed E-state index contributed by atoms with van der Waals surface area (Å²) in [6.07, 6.45) is 0. The lowest BCUT2D eigenvalue weighted by Crippen LogP contribution is -2.26. The zero-order chi connectivity index (χ0) is 15.5. The molecule has 0 amide bonds. The second-order valence-electron chi connectivity index (χ2n) is 4.49. The predicted octanol–water partition coefficient (Wildman–Crippen LogP) is 3.32. The Morgan fingerprint density at radius 3 is 2.48 bits per heavy atom. The molecule has 0 atom stereocenters. The molecular weight excluding hydrogens is 330 g/mol. The van der Waals surface area contributed by atoms with Gasteiger partial charge >= 0.3 is 0 Å². The highest BCUT2D eigenvalue weighted by Crippen LogP contribution is 2.24. The van der Waals surface area contributed by atoms with Crippen LogP contribution in [0.1, 0.15) is 10.4 Å². The summed E-state index contributed by atoms with van der Waals surface area (Å²) < 4.78 is 31.3. The summed E-state index contributed by atoms with van der Waals surface area (Å²) >= 11 is 7.07. The van der Waals surface area contributed by atoms with Crippen LogP contribution in [0.3, 0.4) is 0 Å². The van der Waals surface area contributed by atoms with Crippen LogP contribution in [0.15, 0.2) is 40.6 Å². The number of methoxy groups -OCH3 is 1. The molecule has 0 N–H and O–H groups in total. The second kappa shape index (κ2) is 6.79. The van der Waals surface area contributed by atoms with Crippen LogP contribution in [-0.2, 0) is 22.4 Å². The maximum absolute atomic E-state index is 12.5. The smallest absolute Gasteiger partial charge is 0.243 e. The van der Waals surface area contributed by atoms with Crippen molar-refractivity contribution in [3.63, 3.8) is 0 Å². The van der Waals surface area contributed by atoms with E-state index in [9.17, 15) is 8.42 Å². The first-order valence-electron chi connectivity index (χ1n) is 6.20. The normalized spacial score (nSPS) is 11.8. The first-order valence-corrected chi connectivity index (χ1v) is 9.05. The van der Waals surface area contributed by atoms with Crippen molar-refractivity contribution < 1.29 is 13.2 Å². The van der Waals surface area contributed by atoms with Gasteiger partial charge in [-0.3, -0.25) is 0 Å². The zero-order valence-corrected chi connectivity index (χ0v) is 14.1. The average Bonchev–Trinajstić information content (AvgIpc) is 2.97. The van der Waals surface area contributed by atoms with Crippen LogP contribution in [0, 0.1) is 0 Å². The van der Waals surface area contributed by atoms with Crippen molar-refractivity contribution in [1.29, 1.82) is 0 Å². The molecule has 0 unspecified atom stereocenters. The van der Waals surface area contributed by atoms with Crippen LogP contribution < -0.4 is 4.74 Å². The molecule has 1 aromatic carbocycles. The number of nitrogens with zero attached hydrogens (tertiary/aromatic N) is 1. The maximum Gasteiger partial charge on any atom is 0.243 e. The van der Waals surface area contributed by atoms with Crippen molar-refractivity contribution in [1.82, 2.24) is 4.31 Å². The SMILES string of the molecule is COc1ccc(CN(C)S(=O)(=O)c2csc(CCl)c2)cc1. The fourth-order valence-corrected chi connectivity index (χ4v) is 4.35. The largest absolute Gasteiger partial charge is 0.497 e. The molecular formula is C14H16ClNO3S2. The van der Waals surface area contributed by atoms with E-state index in [2.05, 4.69) is 0 Å². The predicted molar refractivity (Wildman–Crippen MR) is 85.5 cm³/mol. The molecule has 7 heteroatoms. The molecule has 0 saturated heterocycles. The van der Waals surface area contributed by atoms with Crippen LogP contribution >= 0.6 is 22.9 Å². The number of hydrogen-bond acceptors (Lipinski definition) is 4. The zero-order valence-electron chi connectivity index (χ0n) is 11.7. The summed E-state index contributed by atoms with van der Waals surface area (Å²) in [5.41, 5.74) is 0.898. The van der Waals surface area contributed by atoms with Crippen LogP contribution in [0.5, 0.6) is 5.75 Å². The Labute approximate surface area is 134 Å². The van der Waals surface area contributed by atoms with E-state index in [-0.39, 0.29) is 0 Å². The third-order valence-electron chi connectivity index (χ3n) is 3.03. The van der Waals surface area contributed by atoms with Crippen molar-refractivity contribution in [2.75, 3.05) is 14.2 Å². The van der Waals surface area contributed by atoms with Gasteiger partial charge in [0, 0.05) is 23.8 Å². The number of thiophene rings is 1. The molecule has 114 valence electrons. The topological polar surface area (TPSA) is 46.6 Å². The molecule has 1 aromatic heterocycles. The molecule has 0 radical (unpaired) electrons. The maximum atomic E-state index is 12.5. The number of halogens is 1. The molecule has 0 aliphatic heterocycles. The van der Waals surface area contributed by atoms with Crippen molar-refractivity contribution in [2.24, 2.45) is 0 Å². The van der Waals surface area contributed by atoms with Gasteiger partial charge in [0.2, 0.25) is 10.0 Å². The Morgan fingerprint density at radius 1 is 1.29 bits per heavy atom. The number of ether oxygens (including phenoxy) is 1. The Balaban J connectivity index is 2.15. The molecule has 0 saturated carbocycles. The van der Waals surface area contributed by atoms with Crippen LogP contribution in [0.2, 0.25) is 0 Å². The minimum Gasteiger partial charge on any atom is -0.497 e. The Kier molecular flexibility index (Phi) is 5.27. The lowest BCUT2D eigenvalue weighted by atomic mass is 10.2. The van der Waals surface area contributed by atoms with Crippen LogP contribution in [0.25, 0.3) is 0 Å². The summed E-state index contributed by atoms with van der Waals surface area (Å²) in [5.74, 6) is 1.07. The highest BCUT2D eigenvalue weighted by molar-refractivity contribution is 7.89. The number of rotatable bonds is 6. The molecule has 0 bridgehead atoms. The minimum absolute atomic E-state index is 0.291. The average molecular weight is 346 g/mol. The van der Waals surface area contributed by atoms with Crippen LogP contribution in [0.4, 0.5) is 0 Å². The van der Waals surface area contributed by atoms with Crippen molar-refractivity contribution in [3.8, 4) is 5.75 Å². The van der Waals surface area contributed by atoms with Crippen molar-refractivity contribution >= 4 is 33.0 Å². The molecule has 0 spiro atoms. The highest BCUT2D eigenvalue weighted by atomic mass is 35.5. The van der Waals surface area contributed by atoms with Gasteiger partial charge in [0.15, 0.2) is 0 Å². The van der Waals surface area contributed by atoms with Gasteiger partial charge in [-0.15, -0.1) is 22.9 Å². The standard InChI is InChI=1S/C14H16ClNO3S2/c1-16(9-11-3-5-12(19-2)6-4-11)21(17,18)14-7-13(8-15)20-10-14/h3-7,10H,8-9H2,1-2H3. The number of benzene rings is 1. The van der Waals surface area contributed by atoms with E-state index in [1.807, 2.05) is 24.3 Å². The molecule has 21 heavy (non-hydrogen) atoms. The summed E-state index contributed by atoms with van der Waals surface area (Å²) in [6, 6.07) is 8.95. The minimum atomic E-state index is -3.49. The first-order chi connectivity index (χ1) is 9.97. The van der Waals surface area contributed by atoms with E-state index in [1.165, 1.54) is 15.6 Å². The van der Waals surface area contributed by atoms with Crippen LogP contribution in [-0.4, -0.2) is 26.9 Å². The molecule has 1 heterocycles. The number of hydrogen-bond donors (Lipinski definition) is 0. The Hall–Kier alpha value is -1.08. The first kappa shape index (κ1) is 16.3. The summed E-state index contributed by atoms with van der Waals surface area (Å²) in [7, 11) is -0.327. The Bertz CT molecular complexity index is 695. The van der Waals surface area contributed by atoms with Crippen molar-refractivity contribution in [3.05, 3.63) is 46.2 Å². The van der Waals surface area contributed by atoms with Gasteiger partial charge in [-0.2, -0.15) is 4.31 Å². The number of sulfonamides is 1. The van der Waals surface area contributed by atoms with E-state index in [0.717, 1.165) is 16.2 Å². The molecule has 4 nitrogen and oxygen atoms in total. The third-order valence-corrected chi connectivity index (χ3v) is 6.35. The van der Waals surface area contributed by atoms with Gasteiger partial charge in [-0.05, 0) is 23.8 Å². The lowest BCUT2D eigenvalue weighted by molar-refractivity contribution is 0.414. The van der Waals surface area contributed by atoms with Gasteiger partial charge in [0.1, 0.15) is 5.75 Å². The molecule has 2 rings (SSSR count). The van der Waals surface area contributed by atoms with Crippen molar-refractivity contribution in [2.45, 2.75) is 17.3 Å². The Morgan fingerprint density at radius 2 is 1.95 bits per heavy atom. The molecule has 0 aliphatic carbocycles. The molecule has 0 fully saturated rings. The highest BCUT2D eigenvalue weighted by Gasteiger charge is 2.22. The fourth-order valence-electron chi connectivity index (χ4n) is 1.82. The lowest BCUT2D eigenvalue weighted by Gasteiger charge is -2.16. The van der Waals surface area contributed by atoms with E-state index < -0.39 is 10.0 Å².